The molecule has 2 N–H and O–H groups in total. The van der Waals surface area contributed by atoms with Gasteiger partial charge in [0.15, 0.2) is 0 Å². The molecule has 2 amide bonds. The first-order valence-corrected chi connectivity index (χ1v) is 10.6. The fraction of sp³-hybridized carbons (Fsp3) is 0.143. The second kappa shape index (κ2) is 9.88. The third-order valence-electron chi connectivity index (χ3n) is 4.24. The van der Waals surface area contributed by atoms with Crippen LogP contribution in [-0.2, 0) is 9.59 Å². The number of aromatic carboxylic acids is 1. The first kappa shape index (κ1) is 22.0. The van der Waals surface area contributed by atoms with E-state index in [2.05, 4.69) is 5.32 Å². The van der Waals surface area contributed by atoms with Gasteiger partial charge in [0.2, 0.25) is 5.91 Å². The lowest BCUT2D eigenvalue weighted by molar-refractivity contribution is -0.122. The molecule has 154 valence electrons. The van der Waals surface area contributed by atoms with E-state index in [1.807, 2.05) is 12.1 Å². The number of rotatable bonds is 7. The van der Waals surface area contributed by atoms with Gasteiger partial charge >= 0.3 is 5.97 Å². The highest BCUT2D eigenvalue weighted by Gasteiger charge is 2.31. The largest absolute Gasteiger partial charge is 0.478 e. The van der Waals surface area contributed by atoms with Crippen molar-refractivity contribution in [3.05, 3.63) is 69.6 Å². The lowest BCUT2D eigenvalue weighted by Gasteiger charge is -2.14. The van der Waals surface area contributed by atoms with Crippen molar-refractivity contribution in [2.75, 3.05) is 11.9 Å². The van der Waals surface area contributed by atoms with E-state index in [0.717, 1.165) is 5.56 Å². The van der Waals surface area contributed by atoms with Gasteiger partial charge in [0.05, 0.1) is 10.5 Å². The molecule has 1 fully saturated rings. The van der Waals surface area contributed by atoms with Crippen LogP contribution in [0.3, 0.4) is 0 Å². The minimum absolute atomic E-state index is 0.147. The number of hydrogen-bond donors (Lipinski definition) is 2. The van der Waals surface area contributed by atoms with Crippen LogP contribution in [0.1, 0.15) is 28.8 Å². The smallest absolute Gasteiger partial charge is 0.335 e. The van der Waals surface area contributed by atoms with Gasteiger partial charge in [-0.25, -0.2) is 4.79 Å². The number of amides is 2. The minimum atomic E-state index is -1.03. The molecule has 0 unspecified atom stereocenters. The van der Waals surface area contributed by atoms with E-state index in [9.17, 15) is 14.4 Å². The van der Waals surface area contributed by atoms with Crippen LogP contribution in [-0.4, -0.2) is 38.7 Å². The summed E-state index contributed by atoms with van der Waals surface area (Å²) in [6, 6.07) is 13.1. The van der Waals surface area contributed by atoms with Crippen LogP contribution >= 0.6 is 35.6 Å². The Morgan fingerprint density at radius 1 is 1.13 bits per heavy atom. The zero-order chi connectivity index (χ0) is 21.7. The van der Waals surface area contributed by atoms with Crippen LogP contribution in [0.4, 0.5) is 5.69 Å². The summed E-state index contributed by atoms with van der Waals surface area (Å²) in [4.78, 5) is 37.6. The summed E-state index contributed by atoms with van der Waals surface area (Å²) in [6.07, 6.45) is 2.41. The summed E-state index contributed by atoms with van der Waals surface area (Å²) in [5.41, 5.74) is 1.52. The number of carboxylic acid groups (broad SMARTS) is 1. The molecule has 3 rings (SSSR count). The fourth-order valence-corrected chi connectivity index (χ4v) is 4.16. The highest BCUT2D eigenvalue weighted by Crippen LogP contribution is 2.32. The van der Waals surface area contributed by atoms with Crippen LogP contribution in [0.5, 0.6) is 0 Å². The van der Waals surface area contributed by atoms with Crippen molar-refractivity contribution in [3.63, 3.8) is 0 Å². The van der Waals surface area contributed by atoms with Gasteiger partial charge in [0.1, 0.15) is 4.32 Å². The molecule has 0 aliphatic carbocycles. The molecule has 2 aromatic carbocycles. The molecule has 0 atom stereocenters. The van der Waals surface area contributed by atoms with Crippen LogP contribution in [0.25, 0.3) is 6.08 Å². The van der Waals surface area contributed by atoms with Crippen molar-refractivity contribution < 1.29 is 19.5 Å². The topological polar surface area (TPSA) is 86.7 Å². The number of nitrogens with one attached hydrogen (secondary N) is 1. The van der Waals surface area contributed by atoms with E-state index in [1.54, 1.807) is 18.2 Å². The van der Waals surface area contributed by atoms with Crippen molar-refractivity contribution in [1.29, 1.82) is 0 Å². The average Bonchev–Trinajstić information content (AvgIpc) is 2.97. The molecule has 0 bridgehead atoms. The molecule has 1 saturated heterocycles. The van der Waals surface area contributed by atoms with Crippen LogP contribution in [0.2, 0.25) is 5.02 Å². The Labute approximate surface area is 187 Å². The van der Waals surface area contributed by atoms with Gasteiger partial charge in [-0.3, -0.25) is 14.5 Å². The van der Waals surface area contributed by atoms with E-state index >= 15 is 0 Å². The van der Waals surface area contributed by atoms with Crippen LogP contribution < -0.4 is 5.32 Å². The Kier molecular flexibility index (Phi) is 7.25. The SMILES string of the molecule is O=C(CCCN1C(=O)/C(=C/c2ccc(Cl)cc2)SC1=S)Nc1ccc(C(=O)O)cc1. The second-order valence-electron chi connectivity index (χ2n) is 6.42. The molecule has 1 aliphatic rings. The first-order valence-electron chi connectivity index (χ1n) is 8.97. The fourth-order valence-electron chi connectivity index (χ4n) is 2.72. The summed E-state index contributed by atoms with van der Waals surface area (Å²) in [5.74, 6) is -1.42. The van der Waals surface area contributed by atoms with Crippen molar-refractivity contribution >= 4 is 69.4 Å². The first-order chi connectivity index (χ1) is 14.3. The number of thioether (sulfide) groups is 1. The Bertz CT molecular complexity index is 1020. The number of carbonyl (C=O) groups excluding carboxylic acids is 2. The lowest BCUT2D eigenvalue weighted by Crippen LogP contribution is -2.29. The van der Waals surface area contributed by atoms with Crippen molar-refractivity contribution in [3.8, 4) is 0 Å². The van der Waals surface area contributed by atoms with E-state index in [1.165, 1.54) is 40.9 Å². The van der Waals surface area contributed by atoms with E-state index in [-0.39, 0.29) is 23.8 Å². The number of hydrogen-bond acceptors (Lipinski definition) is 5. The Balaban J connectivity index is 1.51. The summed E-state index contributed by atoms with van der Waals surface area (Å²) in [7, 11) is 0. The van der Waals surface area contributed by atoms with Crippen LogP contribution in [0.15, 0.2) is 53.4 Å². The molecule has 1 heterocycles. The van der Waals surface area contributed by atoms with Crippen molar-refractivity contribution in [2.24, 2.45) is 0 Å². The molecule has 0 spiro atoms. The monoisotopic (exact) mass is 460 g/mol. The molecule has 30 heavy (non-hydrogen) atoms. The van der Waals surface area contributed by atoms with Gasteiger partial charge in [-0.05, 0) is 54.5 Å². The number of halogens is 1. The number of carboxylic acids is 1. The van der Waals surface area contributed by atoms with E-state index < -0.39 is 5.97 Å². The molecule has 0 aromatic heterocycles. The van der Waals surface area contributed by atoms with Gasteiger partial charge in [0.25, 0.3) is 5.91 Å². The third kappa shape index (κ3) is 5.69. The highest BCUT2D eigenvalue weighted by molar-refractivity contribution is 8.26. The van der Waals surface area contributed by atoms with Gasteiger partial charge in [-0.15, -0.1) is 0 Å². The summed E-state index contributed by atoms with van der Waals surface area (Å²) in [6.45, 7) is 0.341. The minimum Gasteiger partial charge on any atom is -0.478 e. The lowest BCUT2D eigenvalue weighted by atomic mass is 10.2. The second-order valence-corrected chi connectivity index (χ2v) is 8.53. The van der Waals surface area contributed by atoms with E-state index in [4.69, 9.17) is 28.9 Å². The number of nitrogens with zero attached hydrogens (tertiary/aromatic N) is 1. The molecule has 2 aromatic rings. The molecular weight excluding hydrogens is 444 g/mol. The Morgan fingerprint density at radius 3 is 2.43 bits per heavy atom. The number of carbonyl (C=O) groups is 3. The summed E-state index contributed by atoms with van der Waals surface area (Å²) in [5, 5.41) is 12.2. The zero-order valence-electron chi connectivity index (χ0n) is 15.6. The van der Waals surface area contributed by atoms with Gasteiger partial charge in [-0.2, -0.15) is 0 Å². The summed E-state index contributed by atoms with van der Waals surface area (Å²) >= 11 is 12.4. The number of thiocarbonyl (C=S) groups is 1. The Morgan fingerprint density at radius 2 is 1.80 bits per heavy atom. The molecule has 9 heteroatoms. The maximum absolute atomic E-state index is 12.6. The maximum Gasteiger partial charge on any atom is 0.335 e. The zero-order valence-corrected chi connectivity index (χ0v) is 18.0. The van der Waals surface area contributed by atoms with Gasteiger partial charge in [-0.1, -0.05) is 47.7 Å². The summed E-state index contributed by atoms with van der Waals surface area (Å²) < 4.78 is 0.463. The normalized spacial score (nSPS) is 15.0. The third-order valence-corrected chi connectivity index (χ3v) is 5.87. The molecule has 0 saturated carbocycles. The van der Waals surface area contributed by atoms with Gasteiger partial charge < -0.3 is 10.4 Å². The number of anilines is 1. The van der Waals surface area contributed by atoms with E-state index in [0.29, 0.717) is 32.9 Å². The quantitative estimate of drug-likeness (QED) is 0.461. The average molecular weight is 461 g/mol. The van der Waals surface area contributed by atoms with Crippen molar-refractivity contribution in [1.82, 2.24) is 4.90 Å². The van der Waals surface area contributed by atoms with Crippen molar-refractivity contribution in [2.45, 2.75) is 12.8 Å². The maximum atomic E-state index is 12.6. The Hall–Kier alpha value is -2.68. The van der Waals surface area contributed by atoms with Gasteiger partial charge in [0, 0.05) is 23.7 Å². The standard InChI is InChI=1S/C21H17ClN2O4S2/c22-15-7-3-13(4-8-15)12-17-19(26)24(21(29)30-17)11-1-2-18(25)23-16-9-5-14(6-10-16)20(27)28/h3-10,12H,1-2,11H2,(H,23,25)(H,27,28)/b17-12-. The highest BCUT2D eigenvalue weighted by atomic mass is 35.5. The molecule has 0 radical (unpaired) electrons. The molecule has 6 nitrogen and oxygen atoms in total. The molecule has 1 aliphatic heterocycles. The predicted molar refractivity (Wildman–Crippen MR) is 123 cm³/mol. The molecular formula is C21H17ClN2O4S2. The predicted octanol–water partition coefficient (Wildman–Crippen LogP) is 4.66. The van der Waals surface area contributed by atoms with Crippen LogP contribution in [0, 0.1) is 0 Å². The number of benzene rings is 2.